The van der Waals surface area contributed by atoms with E-state index in [0.29, 0.717) is 25.3 Å². The molecule has 3 rings (SSSR count). The summed E-state index contributed by atoms with van der Waals surface area (Å²) in [6.07, 6.45) is 3.76. The fourth-order valence-corrected chi connectivity index (χ4v) is 3.02. The van der Waals surface area contributed by atoms with E-state index in [1.807, 2.05) is 20.2 Å². The molecule has 0 radical (unpaired) electrons. The summed E-state index contributed by atoms with van der Waals surface area (Å²) in [5.74, 6) is -0.0705. The number of carbonyl (C=O) groups excluding carboxylic acids is 1. The number of ether oxygens (including phenoxy) is 1. The highest BCUT2D eigenvalue weighted by Crippen LogP contribution is 2.29. The second kappa shape index (κ2) is 6.64. The molecule has 1 atom stereocenters. The van der Waals surface area contributed by atoms with Crippen molar-refractivity contribution in [1.29, 1.82) is 0 Å². The molecular formula is C17H20N4O4. The number of nitro benzene ring substituents is 1. The SMILES string of the molecule is Cn1cc([C@]2(C)CN(C(=O)Cc3cccc([N+](=O)[O-])c3)CCO2)cn1. The quantitative estimate of drug-likeness (QED) is 0.621. The molecule has 8 nitrogen and oxygen atoms in total. The zero-order chi connectivity index (χ0) is 18.0. The van der Waals surface area contributed by atoms with Crippen molar-refractivity contribution >= 4 is 11.6 Å². The van der Waals surface area contributed by atoms with Gasteiger partial charge in [0.2, 0.25) is 5.91 Å². The molecule has 1 aliphatic heterocycles. The number of carbonyl (C=O) groups is 1. The van der Waals surface area contributed by atoms with E-state index in [4.69, 9.17) is 4.74 Å². The molecule has 0 aliphatic carbocycles. The third-order valence-electron chi connectivity index (χ3n) is 4.42. The van der Waals surface area contributed by atoms with Crippen LogP contribution in [0.4, 0.5) is 5.69 Å². The fraction of sp³-hybridized carbons (Fsp3) is 0.412. The van der Waals surface area contributed by atoms with E-state index in [9.17, 15) is 14.9 Å². The molecule has 2 aromatic rings. The highest BCUT2D eigenvalue weighted by Gasteiger charge is 2.36. The van der Waals surface area contributed by atoms with Crippen LogP contribution in [0.2, 0.25) is 0 Å². The lowest BCUT2D eigenvalue weighted by Gasteiger charge is -2.40. The molecule has 0 spiro atoms. The predicted octanol–water partition coefficient (Wildman–Crippen LogP) is 1.64. The van der Waals surface area contributed by atoms with Crippen LogP contribution in [0, 0.1) is 10.1 Å². The van der Waals surface area contributed by atoms with Crippen LogP contribution in [0.1, 0.15) is 18.1 Å². The number of nitrogens with zero attached hydrogens (tertiary/aromatic N) is 4. The average molecular weight is 344 g/mol. The summed E-state index contributed by atoms with van der Waals surface area (Å²) in [6, 6.07) is 6.19. The summed E-state index contributed by atoms with van der Waals surface area (Å²) in [5.41, 5.74) is 0.939. The topological polar surface area (TPSA) is 90.5 Å². The van der Waals surface area contributed by atoms with Crippen molar-refractivity contribution in [2.24, 2.45) is 7.05 Å². The highest BCUT2D eigenvalue weighted by atomic mass is 16.6. The van der Waals surface area contributed by atoms with Gasteiger partial charge in [-0.2, -0.15) is 5.10 Å². The van der Waals surface area contributed by atoms with Crippen LogP contribution in [0.5, 0.6) is 0 Å². The summed E-state index contributed by atoms with van der Waals surface area (Å²) >= 11 is 0. The number of morpholine rings is 1. The van der Waals surface area contributed by atoms with Crippen LogP contribution in [0.15, 0.2) is 36.7 Å². The first kappa shape index (κ1) is 17.1. The third-order valence-corrected chi connectivity index (χ3v) is 4.42. The monoisotopic (exact) mass is 344 g/mol. The molecule has 1 saturated heterocycles. The summed E-state index contributed by atoms with van der Waals surface area (Å²) in [5, 5.41) is 15.0. The lowest BCUT2D eigenvalue weighted by atomic mass is 9.96. The fourth-order valence-electron chi connectivity index (χ4n) is 3.02. The maximum Gasteiger partial charge on any atom is 0.269 e. The molecule has 0 unspecified atom stereocenters. The molecule has 1 fully saturated rings. The van der Waals surface area contributed by atoms with Crippen molar-refractivity contribution in [2.75, 3.05) is 19.7 Å². The van der Waals surface area contributed by atoms with Gasteiger partial charge >= 0.3 is 0 Å². The second-order valence-electron chi connectivity index (χ2n) is 6.40. The Bertz CT molecular complexity index is 803. The predicted molar refractivity (Wildman–Crippen MR) is 89.9 cm³/mol. The Balaban J connectivity index is 1.72. The number of non-ortho nitro benzene ring substituents is 1. The van der Waals surface area contributed by atoms with Crippen LogP contribution in [0.25, 0.3) is 0 Å². The van der Waals surface area contributed by atoms with Crippen molar-refractivity contribution in [2.45, 2.75) is 18.9 Å². The van der Waals surface area contributed by atoms with Crippen LogP contribution >= 0.6 is 0 Å². The smallest absolute Gasteiger partial charge is 0.269 e. The number of rotatable bonds is 4. The first-order valence-electron chi connectivity index (χ1n) is 8.01. The van der Waals surface area contributed by atoms with E-state index in [-0.39, 0.29) is 18.0 Å². The molecule has 0 N–H and O–H groups in total. The number of benzene rings is 1. The molecule has 1 amide bonds. The van der Waals surface area contributed by atoms with Gasteiger partial charge in [-0.25, -0.2) is 0 Å². The summed E-state index contributed by atoms with van der Waals surface area (Å²) in [4.78, 5) is 24.8. The molecule has 8 heteroatoms. The van der Waals surface area contributed by atoms with E-state index in [1.165, 1.54) is 12.1 Å². The zero-order valence-electron chi connectivity index (χ0n) is 14.2. The number of hydrogen-bond donors (Lipinski definition) is 0. The van der Waals surface area contributed by atoms with Gasteiger partial charge in [-0.05, 0) is 12.5 Å². The number of hydrogen-bond acceptors (Lipinski definition) is 5. The Kier molecular flexibility index (Phi) is 4.54. The molecule has 0 saturated carbocycles. The van der Waals surface area contributed by atoms with Crippen molar-refractivity contribution in [3.05, 3.63) is 57.9 Å². The van der Waals surface area contributed by atoms with Gasteiger partial charge < -0.3 is 9.64 Å². The van der Waals surface area contributed by atoms with Gasteiger partial charge in [0.05, 0.1) is 30.7 Å². The van der Waals surface area contributed by atoms with Crippen molar-refractivity contribution in [1.82, 2.24) is 14.7 Å². The second-order valence-corrected chi connectivity index (χ2v) is 6.40. The standard InChI is InChI=1S/C17H20N4O4/c1-17(14-10-18-19(2)11-14)12-20(6-7-25-17)16(22)9-13-4-3-5-15(8-13)21(23)24/h3-5,8,10-11H,6-7,9,12H2,1-2H3/t17-/m0/s1. The van der Waals surface area contributed by atoms with Crippen LogP contribution in [0.3, 0.4) is 0 Å². The Hall–Kier alpha value is -2.74. The number of aromatic nitrogens is 2. The Labute approximate surface area is 145 Å². The van der Waals surface area contributed by atoms with E-state index in [2.05, 4.69) is 5.10 Å². The normalized spacial score (nSPS) is 20.5. The molecule has 1 aliphatic rings. The minimum atomic E-state index is -0.606. The summed E-state index contributed by atoms with van der Waals surface area (Å²) in [6.45, 7) is 3.30. The molecule has 132 valence electrons. The van der Waals surface area contributed by atoms with Gasteiger partial charge in [0.15, 0.2) is 0 Å². The largest absolute Gasteiger partial charge is 0.367 e. The Morgan fingerprint density at radius 2 is 2.28 bits per heavy atom. The minimum Gasteiger partial charge on any atom is -0.367 e. The van der Waals surface area contributed by atoms with Gasteiger partial charge in [0, 0.05) is 37.5 Å². The lowest BCUT2D eigenvalue weighted by Crippen LogP contribution is -2.50. The molecule has 1 aromatic heterocycles. The van der Waals surface area contributed by atoms with Crippen LogP contribution in [-0.4, -0.2) is 45.2 Å². The maximum absolute atomic E-state index is 12.7. The zero-order valence-corrected chi connectivity index (χ0v) is 14.2. The van der Waals surface area contributed by atoms with E-state index in [0.717, 1.165) is 5.56 Å². The van der Waals surface area contributed by atoms with Gasteiger partial charge in [-0.15, -0.1) is 0 Å². The molecular weight excluding hydrogens is 324 g/mol. The number of nitro groups is 1. The average Bonchev–Trinajstić information content (AvgIpc) is 3.02. The van der Waals surface area contributed by atoms with E-state index < -0.39 is 10.5 Å². The molecule has 0 bridgehead atoms. The van der Waals surface area contributed by atoms with Crippen molar-refractivity contribution < 1.29 is 14.5 Å². The van der Waals surface area contributed by atoms with E-state index in [1.54, 1.807) is 27.9 Å². The number of amides is 1. The first-order valence-corrected chi connectivity index (χ1v) is 8.01. The third kappa shape index (κ3) is 3.69. The lowest BCUT2D eigenvalue weighted by molar-refractivity contribution is -0.384. The van der Waals surface area contributed by atoms with Gasteiger partial charge in [0.25, 0.3) is 5.69 Å². The summed E-state index contributed by atoms with van der Waals surface area (Å²) < 4.78 is 7.61. The summed E-state index contributed by atoms with van der Waals surface area (Å²) in [7, 11) is 1.83. The van der Waals surface area contributed by atoms with Gasteiger partial charge in [-0.1, -0.05) is 12.1 Å². The van der Waals surface area contributed by atoms with Crippen LogP contribution in [-0.2, 0) is 28.6 Å². The molecule has 1 aromatic carbocycles. The Morgan fingerprint density at radius 1 is 1.48 bits per heavy atom. The highest BCUT2D eigenvalue weighted by molar-refractivity contribution is 5.79. The first-order chi connectivity index (χ1) is 11.9. The maximum atomic E-state index is 12.7. The van der Waals surface area contributed by atoms with Crippen LogP contribution < -0.4 is 0 Å². The number of aryl methyl sites for hydroxylation is 1. The Morgan fingerprint density at radius 3 is 2.96 bits per heavy atom. The van der Waals surface area contributed by atoms with Crippen molar-refractivity contribution in [3.63, 3.8) is 0 Å². The molecule has 2 heterocycles. The minimum absolute atomic E-state index is 0.00697. The van der Waals surface area contributed by atoms with Gasteiger partial charge in [0.1, 0.15) is 5.60 Å². The van der Waals surface area contributed by atoms with Crippen molar-refractivity contribution in [3.8, 4) is 0 Å². The van der Waals surface area contributed by atoms with E-state index >= 15 is 0 Å². The molecule has 25 heavy (non-hydrogen) atoms. The van der Waals surface area contributed by atoms with Gasteiger partial charge in [-0.3, -0.25) is 19.6 Å².